The molecule has 0 saturated heterocycles. The van der Waals surface area contributed by atoms with Gasteiger partial charge in [-0.3, -0.25) is 4.79 Å². The number of aromatic nitrogens is 1. The summed E-state index contributed by atoms with van der Waals surface area (Å²) in [6.07, 6.45) is 0. The lowest BCUT2D eigenvalue weighted by Gasteiger charge is -2.03. The smallest absolute Gasteiger partial charge is 0.302 e. The van der Waals surface area contributed by atoms with Gasteiger partial charge in [0.25, 0.3) is 0 Å². The van der Waals surface area contributed by atoms with Crippen molar-refractivity contribution in [3.8, 4) is 11.6 Å². The number of halogens is 1. The lowest BCUT2D eigenvalue weighted by atomic mass is 10.2. The van der Waals surface area contributed by atoms with Crippen molar-refractivity contribution in [2.24, 2.45) is 10.2 Å². The molecule has 1 amide bonds. The largest absolute Gasteiger partial charge is 0.493 e. The number of amides is 1. The summed E-state index contributed by atoms with van der Waals surface area (Å²) in [5.74, 6) is -0.780. The standard InChI is InChI=1S/C17H14FN3O3/c1-10-3-2-4-12(7-10)24-9-15(22)20-21-16-13-6-5-11(18)8-14(13)19-17(16)23/h2-8,19,23H,9H2,1H3. The van der Waals surface area contributed by atoms with Gasteiger partial charge < -0.3 is 14.8 Å². The van der Waals surface area contributed by atoms with E-state index in [4.69, 9.17) is 4.74 Å². The van der Waals surface area contributed by atoms with Crippen LogP contribution in [0.15, 0.2) is 52.7 Å². The Bertz CT molecular complexity index is 934. The Labute approximate surface area is 136 Å². The highest BCUT2D eigenvalue weighted by molar-refractivity contribution is 5.94. The van der Waals surface area contributed by atoms with Crippen LogP contribution in [-0.2, 0) is 4.79 Å². The number of carbonyl (C=O) groups is 1. The van der Waals surface area contributed by atoms with Crippen molar-refractivity contribution in [3.63, 3.8) is 0 Å². The van der Waals surface area contributed by atoms with Crippen molar-refractivity contribution in [2.45, 2.75) is 6.92 Å². The van der Waals surface area contributed by atoms with Crippen molar-refractivity contribution < 1.29 is 19.0 Å². The van der Waals surface area contributed by atoms with E-state index in [9.17, 15) is 14.3 Å². The number of benzene rings is 2. The van der Waals surface area contributed by atoms with Crippen LogP contribution in [0.3, 0.4) is 0 Å². The van der Waals surface area contributed by atoms with Crippen molar-refractivity contribution in [1.29, 1.82) is 0 Å². The molecule has 1 aromatic heterocycles. The molecule has 3 aromatic rings. The number of ether oxygens (including phenoxy) is 1. The maximum absolute atomic E-state index is 13.2. The number of H-pyrrole nitrogens is 1. The summed E-state index contributed by atoms with van der Waals surface area (Å²) in [6, 6.07) is 11.2. The van der Waals surface area contributed by atoms with Crippen LogP contribution in [0.25, 0.3) is 10.9 Å². The Kier molecular flexibility index (Phi) is 4.24. The maximum Gasteiger partial charge on any atom is 0.302 e. The number of fused-ring (bicyclic) bond motifs is 1. The van der Waals surface area contributed by atoms with E-state index in [1.54, 1.807) is 12.1 Å². The molecular formula is C17H14FN3O3. The van der Waals surface area contributed by atoms with Crippen LogP contribution >= 0.6 is 0 Å². The Morgan fingerprint density at radius 2 is 2.12 bits per heavy atom. The highest BCUT2D eigenvalue weighted by Gasteiger charge is 2.11. The van der Waals surface area contributed by atoms with Gasteiger partial charge in [0.15, 0.2) is 12.3 Å². The Hall–Kier alpha value is -3.22. The summed E-state index contributed by atoms with van der Waals surface area (Å²) in [7, 11) is 0. The third-order valence-electron chi connectivity index (χ3n) is 3.33. The molecule has 0 radical (unpaired) electrons. The normalized spacial score (nSPS) is 11.2. The van der Waals surface area contributed by atoms with E-state index in [-0.39, 0.29) is 18.2 Å². The molecule has 0 saturated carbocycles. The zero-order valence-corrected chi connectivity index (χ0v) is 12.8. The Morgan fingerprint density at radius 1 is 1.29 bits per heavy atom. The summed E-state index contributed by atoms with van der Waals surface area (Å²) in [4.78, 5) is 14.3. The fourth-order valence-corrected chi connectivity index (χ4v) is 2.23. The molecule has 2 aromatic carbocycles. The molecule has 6 nitrogen and oxygen atoms in total. The van der Waals surface area contributed by atoms with Gasteiger partial charge in [0.05, 0.1) is 5.52 Å². The first-order valence-corrected chi connectivity index (χ1v) is 7.17. The number of carbonyl (C=O) groups excluding carboxylic acids is 1. The van der Waals surface area contributed by atoms with Crippen LogP contribution in [0.2, 0.25) is 0 Å². The second-order valence-electron chi connectivity index (χ2n) is 5.21. The third kappa shape index (κ3) is 3.40. The number of nitrogens with one attached hydrogen (secondary N) is 1. The van der Waals surface area contributed by atoms with Crippen molar-refractivity contribution in [3.05, 3.63) is 53.8 Å². The van der Waals surface area contributed by atoms with Crippen molar-refractivity contribution in [2.75, 3.05) is 6.61 Å². The Morgan fingerprint density at radius 3 is 2.92 bits per heavy atom. The molecular weight excluding hydrogens is 313 g/mol. The number of hydrogen-bond donors (Lipinski definition) is 2. The van der Waals surface area contributed by atoms with Gasteiger partial charge in [-0.1, -0.05) is 12.1 Å². The molecule has 3 rings (SSSR count). The second-order valence-corrected chi connectivity index (χ2v) is 5.21. The topological polar surface area (TPSA) is 87.0 Å². The first-order chi connectivity index (χ1) is 11.5. The molecule has 1 heterocycles. The van der Waals surface area contributed by atoms with Crippen molar-refractivity contribution in [1.82, 2.24) is 4.98 Å². The van der Waals surface area contributed by atoms with Crippen LogP contribution in [-0.4, -0.2) is 22.6 Å². The number of aryl methyl sites for hydroxylation is 1. The molecule has 0 aliphatic rings. The molecule has 122 valence electrons. The number of aromatic hydroxyl groups is 1. The predicted molar refractivity (Wildman–Crippen MR) is 86.1 cm³/mol. The number of hydrogen-bond acceptors (Lipinski definition) is 4. The van der Waals surface area contributed by atoms with E-state index in [1.165, 1.54) is 18.2 Å². The Balaban J connectivity index is 1.71. The van der Waals surface area contributed by atoms with E-state index < -0.39 is 11.7 Å². The highest BCUT2D eigenvalue weighted by atomic mass is 19.1. The molecule has 0 spiro atoms. The van der Waals surface area contributed by atoms with E-state index in [1.807, 2.05) is 19.1 Å². The van der Waals surface area contributed by atoms with Crippen molar-refractivity contribution >= 4 is 22.5 Å². The molecule has 0 fully saturated rings. The number of nitrogens with zero attached hydrogens (tertiary/aromatic N) is 2. The van der Waals surface area contributed by atoms with Crippen LogP contribution in [0.5, 0.6) is 11.6 Å². The summed E-state index contributed by atoms with van der Waals surface area (Å²) in [5, 5.41) is 17.5. The zero-order chi connectivity index (χ0) is 17.1. The fourth-order valence-electron chi connectivity index (χ4n) is 2.23. The lowest BCUT2D eigenvalue weighted by Crippen LogP contribution is -2.07. The van der Waals surface area contributed by atoms with Crippen LogP contribution in [0.4, 0.5) is 10.1 Å². The monoisotopic (exact) mass is 327 g/mol. The van der Waals surface area contributed by atoms with Gasteiger partial charge in [-0.15, -0.1) is 10.2 Å². The first kappa shape index (κ1) is 15.7. The van der Waals surface area contributed by atoms with Crippen LogP contribution in [0.1, 0.15) is 5.56 Å². The predicted octanol–water partition coefficient (Wildman–Crippen LogP) is 4.01. The number of azo groups is 1. The van der Waals surface area contributed by atoms with Crippen LogP contribution < -0.4 is 4.74 Å². The van der Waals surface area contributed by atoms with E-state index in [2.05, 4.69) is 15.2 Å². The highest BCUT2D eigenvalue weighted by Crippen LogP contribution is 2.35. The minimum Gasteiger partial charge on any atom is -0.493 e. The van der Waals surface area contributed by atoms with E-state index in [0.29, 0.717) is 16.7 Å². The first-order valence-electron chi connectivity index (χ1n) is 7.17. The third-order valence-corrected chi connectivity index (χ3v) is 3.33. The number of rotatable bonds is 4. The average molecular weight is 327 g/mol. The second kappa shape index (κ2) is 6.49. The SMILES string of the molecule is Cc1cccc(OCC(=O)N=Nc2c(O)[nH]c3cc(F)ccc23)c1. The molecule has 0 aliphatic carbocycles. The minimum absolute atomic E-state index is 0.0777. The van der Waals surface area contributed by atoms with Gasteiger partial charge in [-0.25, -0.2) is 4.39 Å². The quantitative estimate of drug-likeness (QED) is 0.710. The lowest BCUT2D eigenvalue weighted by molar-refractivity contribution is -0.120. The maximum atomic E-state index is 13.2. The summed E-state index contributed by atoms with van der Waals surface area (Å²) < 4.78 is 18.5. The van der Waals surface area contributed by atoms with E-state index in [0.717, 1.165) is 5.56 Å². The molecule has 0 aliphatic heterocycles. The molecule has 0 atom stereocenters. The summed E-state index contributed by atoms with van der Waals surface area (Å²) in [6.45, 7) is 1.64. The zero-order valence-electron chi connectivity index (χ0n) is 12.8. The van der Waals surface area contributed by atoms with Gasteiger partial charge in [0, 0.05) is 5.39 Å². The average Bonchev–Trinajstić information content (AvgIpc) is 2.85. The molecule has 7 heteroatoms. The van der Waals surface area contributed by atoms with Gasteiger partial charge in [-0.2, -0.15) is 0 Å². The van der Waals surface area contributed by atoms with Gasteiger partial charge in [-0.05, 0) is 42.8 Å². The van der Waals surface area contributed by atoms with Gasteiger partial charge >= 0.3 is 5.91 Å². The molecule has 24 heavy (non-hydrogen) atoms. The number of aromatic amines is 1. The van der Waals surface area contributed by atoms with E-state index >= 15 is 0 Å². The van der Waals surface area contributed by atoms with Crippen LogP contribution in [0, 0.1) is 12.7 Å². The molecule has 2 N–H and O–H groups in total. The summed E-state index contributed by atoms with van der Waals surface area (Å²) in [5.41, 5.74) is 1.45. The molecule has 0 bridgehead atoms. The van der Waals surface area contributed by atoms with Gasteiger partial charge in [0.1, 0.15) is 11.6 Å². The summed E-state index contributed by atoms with van der Waals surface area (Å²) >= 11 is 0. The molecule has 0 unspecified atom stereocenters. The minimum atomic E-state index is -0.604. The fraction of sp³-hybridized carbons (Fsp3) is 0.118. The van der Waals surface area contributed by atoms with Gasteiger partial charge in [0.2, 0.25) is 5.88 Å².